The van der Waals surface area contributed by atoms with Crippen LogP contribution in [0, 0.1) is 0 Å². The molecule has 0 saturated heterocycles. The molecule has 2 aromatic rings. The molecule has 6 nitrogen and oxygen atoms in total. The van der Waals surface area contributed by atoms with Gasteiger partial charge in [-0.3, -0.25) is 9.59 Å². The van der Waals surface area contributed by atoms with E-state index in [0.29, 0.717) is 21.5 Å². The number of benzene rings is 2. The molecule has 0 aliphatic carbocycles. The maximum atomic E-state index is 12.2. The largest absolute Gasteiger partial charge is 0.350 e. The molecule has 3 rings (SSSR count). The Hall–Kier alpha value is -2.89. The van der Waals surface area contributed by atoms with Gasteiger partial charge in [0, 0.05) is 5.39 Å². The molecule has 3 N–H and O–H groups in total. The van der Waals surface area contributed by atoms with Crippen molar-refractivity contribution in [3.63, 3.8) is 0 Å². The first-order valence-electron chi connectivity index (χ1n) is 5.56. The van der Waals surface area contributed by atoms with Crippen molar-refractivity contribution in [2.24, 2.45) is 5.73 Å². The number of hydrogen-bond acceptors (Lipinski definition) is 3. The van der Waals surface area contributed by atoms with E-state index in [-0.39, 0.29) is 0 Å². The summed E-state index contributed by atoms with van der Waals surface area (Å²) >= 11 is 0. The van der Waals surface area contributed by atoms with Gasteiger partial charge in [-0.2, -0.15) is 5.01 Å². The number of amides is 4. The van der Waals surface area contributed by atoms with E-state index in [1.165, 1.54) is 0 Å². The second kappa shape index (κ2) is 3.81. The number of hydrogen-bond donors (Lipinski definition) is 2. The van der Waals surface area contributed by atoms with Crippen molar-refractivity contribution in [2.45, 2.75) is 0 Å². The molecular weight excluding hydrogens is 246 g/mol. The summed E-state index contributed by atoms with van der Waals surface area (Å²) in [6, 6.07) is 9.33. The highest BCUT2D eigenvalue weighted by Crippen LogP contribution is 2.28. The lowest BCUT2D eigenvalue weighted by Crippen LogP contribution is -2.53. The number of nitrogens with two attached hydrogens (primary N) is 1. The number of primary amides is 1. The second-order valence-electron chi connectivity index (χ2n) is 4.13. The molecule has 19 heavy (non-hydrogen) atoms. The molecule has 0 bridgehead atoms. The van der Waals surface area contributed by atoms with E-state index >= 15 is 0 Å². The van der Waals surface area contributed by atoms with E-state index in [1.54, 1.807) is 24.3 Å². The molecule has 0 atom stereocenters. The summed E-state index contributed by atoms with van der Waals surface area (Å²) < 4.78 is 0. The SMILES string of the molecule is NC(=O)NN1C(=O)c2cccc3cccc(c23)C1=O. The van der Waals surface area contributed by atoms with Crippen LogP contribution < -0.4 is 11.2 Å². The molecule has 1 aliphatic heterocycles. The second-order valence-corrected chi connectivity index (χ2v) is 4.13. The highest BCUT2D eigenvalue weighted by Gasteiger charge is 2.33. The summed E-state index contributed by atoms with van der Waals surface area (Å²) in [6.07, 6.45) is 0. The average molecular weight is 255 g/mol. The molecule has 1 aliphatic rings. The predicted molar refractivity (Wildman–Crippen MR) is 67.2 cm³/mol. The summed E-state index contributed by atoms with van der Waals surface area (Å²) in [4.78, 5) is 35.2. The van der Waals surface area contributed by atoms with Crippen LogP contribution in [0.25, 0.3) is 10.8 Å². The quantitative estimate of drug-likeness (QED) is 0.745. The minimum atomic E-state index is -0.965. The van der Waals surface area contributed by atoms with Crippen LogP contribution >= 0.6 is 0 Å². The minimum Gasteiger partial charge on any atom is -0.350 e. The molecule has 0 saturated carbocycles. The summed E-state index contributed by atoms with van der Waals surface area (Å²) in [5, 5.41) is 2.04. The van der Waals surface area contributed by atoms with Crippen LogP contribution in [0.1, 0.15) is 20.7 Å². The van der Waals surface area contributed by atoms with Crippen LogP contribution in [-0.4, -0.2) is 22.9 Å². The first-order chi connectivity index (χ1) is 9.09. The van der Waals surface area contributed by atoms with Crippen molar-refractivity contribution in [3.05, 3.63) is 47.5 Å². The van der Waals surface area contributed by atoms with Gasteiger partial charge >= 0.3 is 6.03 Å². The van der Waals surface area contributed by atoms with Crippen LogP contribution in [0.2, 0.25) is 0 Å². The molecule has 0 radical (unpaired) electrons. The lowest BCUT2D eigenvalue weighted by molar-refractivity contribution is 0.0545. The number of rotatable bonds is 1. The molecule has 0 aromatic heterocycles. The van der Waals surface area contributed by atoms with Crippen molar-refractivity contribution >= 4 is 28.6 Å². The normalized spacial score (nSPS) is 13.8. The Morgan fingerprint density at radius 1 is 1.00 bits per heavy atom. The third-order valence-corrected chi connectivity index (χ3v) is 2.99. The van der Waals surface area contributed by atoms with Gasteiger partial charge in [0.05, 0.1) is 11.1 Å². The fourth-order valence-electron chi connectivity index (χ4n) is 2.24. The van der Waals surface area contributed by atoms with Crippen LogP contribution in [0.3, 0.4) is 0 Å². The molecule has 0 spiro atoms. The Balaban J connectivity index is 2.28. The van der Waals surface area contributed by atoms with Gasteiger partial charge in [0.1, 0.15) is 0 Å². The van der Waals surface area contributed by atoms with E-state index in [4.69, 9.17) is 5.73 Å². The van der Waals surface area contributed by atoms with E-state index < -0.39 is 17.8 Å². The lowest BCUT2D eigenvalue weighted by Gasteiger charge is -2.26. The van der Waals surface area contributed by atoms with Gasteiger partial charge in [-0.05, 0) is 17.5 Å². The minimum absolute atomic E-state index is 0.362. The highest BCUT2D eigenvalue weighted by atomic mass is 16.2. The van der Waals surface area contributed by atoms with E-state index in [2.05, 4.69) is 0 Å². The number of urea groups is 1. The van der Waals surface area contributed by atoms with E-state index in [9.17, 15) is 14.4 Å². The number of carbonyl (C=O) groups is 3. The monoisotopic (exact) mass is 255 g/mol. The van der Waals surface area contributed by atoms with Gasteiger partial charge in [-0.15, -0.1) is 0 Å². The van der Waals surface area contributed by atoms with Gasteiger partial charge in [-0.25, -0.2) is 10.2 Å². The van der Waals surface area contributed by atoms with Crippen molar-refractivity contribution in [2.75, 3.05) is 0 Å². The Morgan fingerprint density at radius 3 is 2.00 bits per heavy atom. The standard InChI is InChI=1S/C13H9N3O3/c14-13(19)15-16-11(17)8-5-1-3-7-4-2-6-9(10(7)8)12(16)18/h1-6H,(H3,14,15,19). The van der Waals surface area contributed by atoms with Crippen LogP contribution in [-0.2, 0) is 0 Å². The van der Waals surface area contributed by atoms with Gasteiger partial charge in [0.25, 0.3) is 11.8 Å². The average Bonchev–Trinajstić information content (AvgIpc) is 2.40. The smallest absolute Gasteiger partial charge is 0.331 e. The zero-order valence-electron chi connectivity index (χ0n) is 9.71. The zero-order valence-corrected chi connectivity index (χ0v) is 9.71. The number of imide groups is 1. The Bertz CT molecular complexity index is 688. The first kappa shape index (κ1) is 11.2. The van der Waals surface area contributed by atoms with Crippen LogP contribution in [0.15, 0.2) is 36.4 Å². The molecule has 4 amide bonds. The predicted octanol–water partition coefficient (Wildman–Crippen LogP) is 1.02. The molecular formula is C13H9N3O3. The number of hydrazine groups is 1. The third kappa shape index (κ3) is 1.54. The Morgan fingerprint density at radius 2 is 1.53 bits per heavy atom. The summed E-state index contributed by atoms with van der Waals surface area (Å²) in [7, 11) is 0. The van der Waals surface area contributed by atoms with Crippen LogP contribution in [0.4, 0.5) is 4.79 Å². The molecule has 0 unspecified atom stereocenters. The summed E-state index contributed by atoms with van der Waals surface area (Å²) in [5.41, 5.74) is 7.73. The van der Waals surface area contributed by atoms with E-state index in [0.717, 1.165) is 5.39 Å². The van der Waals surface area contributed by atoms with E-state index in [1.807, 2.05) is 17.6 Å². The van der Waals surface area contributed by atoms with Gasteiger partial charge in [-0.1, -0.05) is 24.3 Å². The molecule has 6 heteroatoms. The van der Waals surface area contributed by atoms with Gasteiger partial charge < -0.3 is 5.73 Å². The summed E-state index contributed by atoms with van der Waals surface area (Å²) in [6.45, 7) is 0. The third-order valence-electron chi connectivity index (χ3n) is 2.99. The Kier molecular flexibility index (Phi) is 2.25. The van der Waals surface area contributed by atoms with Crippen molar-refractivity contribution in [1.82, 2.24) is 10.4 Å². The van der Waals surface area contributed by atoms with Crippen molar-refractivity contribution < 1.29 is 14.4 Å². The lowest BCUT2D eigenvalue weighted by atomic mass is 9.95. The van der Waals surface area contributed by atoms with Gasteiger partial charge in [0.15, 0.2) is 0 Å². The van der Waals surface area contributed by atoms with Crippen molar-refractivity contribution in [3.8, 4) is 0 Å². The molecule has 1 heterocycles. The molecule has 2 aromatic carbocycles. The molecule has 0 fully saturated rings. The fraction of sp³-hybridized carbons (Fsp3) is 0. The first-order valence-corrected chi connectivity index (χ1v) is 5.56. The van der Waals surface area contributed by atoms with Crippen LogP contribution in [0.5, 0.6) is 0 Å². The van der Waals surface area contributed by atoms with Crippen molar-refractivity contribution in [1.29, 1.82) is 0 Å². The Labute approximate surface area is 107 Å². The highest BCUT2D eigenvalue weighted by molar-refractivity contribution is 6.25. The topological polar surface area (TPSA) is 92.5 Å². The maximum absolute atomic E-state index is 12.2. The number of nitrogens with zero attached hydrogens (tertiary/aromatic N) is 1. The maximum Gasteiger partial charge on any atom is 0.331 e. The summed E-state index contributed by atoms with van der Waals surface area (Å²) in [5.74, 6) is -1.18. The zero-order chi connectivity index (χ0) is 13.6. The number of carbonyl (C=O) groups excluding carboxylic acids is 3. The fourth-order valence-corrected chi connectivity index (χ4v) is 2.24. The number of nitrogens with one attached hydrogen (secondary N) is 1. The molecule has 94 valence electrons. The van der Waals surface area contributed by atoms with Gasteiger partial charge in [0.2, 0.25) is 0 Å².